The number of carbonyl (C=O) groups excluding carboxylic acids is 2. The van der Waals surface area contributed by atoms with Crippen molar-refractivity contribution in [3.05, 3.63) is 42.8 Å². The number of rotatable bonds is 1. The SMILES string of the molecule is Cc1cc2c(s1)C(=O)c1sc(C(C)C)cc1C2=O. The molecule has 0 unspecified atom stereocenters. The third-order valence-electron chi connectivity index (χ3n) is 3.08. The predicted octanol–water partition coefficient (Wildman–Crippen LogP) is 4.02. The van der Waals surface area contributed by atoms with Crippen LogP contribution in [0.1, 0.15) is 60.0 Å². The molecule has 92 valence electrons. The summed E-state index contributed by atoms with van der Waals surface area (Å²) in [6.45, 7) is 6.08. The molecule has 1 aliphatic carbocycles. The predicted molar refractivity (Wildman–Crippen MR) is 74.3 cm³/mol. The minimum absolute atomic E-state index is 0.00657. The topological polar surface area (TPSA) is 34.1 Å². The van der Waals surface area contributed by atoms with E-state index in [1.165, 1.54) is 22.7 Å². The van der Waals surface area contributed by atoms with E-state index in [-0.39, 0.29) is 11.6 Å². The first-order valence-corrected chi connectivity index (χ1v) is 7.46. The maximum atomic E-state index is 12.4. The molecule has 0 fully saturated rings. The lowest BCUT2D eigenvalue weighted by Gasteiger charge is -2.08. The van der Waals surface area contributed by atoms with E-state index in [0.29, 0.717) is 26.8 Å². The van der Waals surface area contributed by atoms with E-state index in [2.05, 4.69) is 13.8 Å². The Balaban J connectivity index is 2.22. The molecule has 0 N–H and O–H groups in total. The van der Waals surface area contributed by atoms with Crippen molar-refractivity contribution in [3.8, 4) is 0 Å². The van der Waals surface area contributed by atoms with Crippen LogP contribution in [0.4, 0.5) is 0 Å². The van der Waals surface area contributed by atoms with Gasteiger partial charge in [-0.2, -0.15) is 0 Å². The zero-order chi connectivity index (χ0) is 13.0. The molecule has 3 rings (SSSR count). The Bertz CT molecular complexity index is 623. The van der Waals surface area contributed by atoms with E-state index in [4.69, 9.17) is 0 Å². The van der Waals surface area contributed by atoms with Crippen molar-refractivity contribution in [1.29, 1.82) is 0 Å². The van der Waals surface area contributed by atoms with Gasteiger partial charge in [-0.25, -0.2) is 0 Å². The fourth-order valence-corrected chi connectivity index (χ4v) is 4.26. The molecule has 0 saturated heterocycles. The summed E-state index contributed by atoms with van der Waals surface area (Å²) < 4.78 is 0. The van der Waals surface area contributed by atoms with Crippen molar-refractivity contribution in [3.63, 3.8) is 0 Å². The Labute approximate surface area is 113 Å². The number of ketones is 2. The van der Waals surface area contributed by atoms with Crippen LogP contribution in [0.25, 0.3) is 0 Å². The number of aryl methyl sites for hydroxylation is 1. The molecule has 0 saturated carbocycles. The van der Waals surface area contributed by atoms with Crippen LogP contribution in [0.5, 0.6) is 0 Å². The summed E-state index contributed by atoms with van der Waals surface area (Å²) >= 11 is 2.88. The highest BCUT2D eigenvalue weighted by molar-refractivity contribution is 7.18. The van der Waals surface area contributed by atoms with Gasteiger partial charge in [-0.15, -0.1) is 22.7 Å². The number of hydrogen-bond acceptors (Lipinski definition) is 4. The van der Waals surface area contributed by atoms with Crippen LogP contribution in [0, 0.1) is 6.92 Å². The van der Waals surface area contributed by atoms with Crippen molar-refractivity contribution in [2.24, 2.45) is 0 Å². The van der Waals surface area contributed by atoms with Gasteiger partial charge in [-0.05, 0) is 25.0 Å². The third kappa shape index (κ3) is 1.52. The summed E-state index contributed by atoms with van der Waals surface area (Å²) in [6, 6.07) is 3.72. The van der Waals surface area contributed by atoms with E-state index in [9.17, 15) is 9.59 Å². The molecule has 0 radical (unpaired) electrons. The van der Waals surface area contributed by atoms with Gasteiger partial charge in [0.25, 0.3) is 0 Å². The van der Waals surface area contributed by atoms with Gasteiger partial charge in [0.2, 0.25) is 5.78 Å². The summed E-state index contributed by atoms with van der Waals surface area (Å²) in [5.41, 5.74) is 1.18. The molecule has 0 bridgehead atoms. The zero-order valence-electron chi connectivity index (χ0n) is 10.4. The van der Waals surface area contributed by atoms with Crippen molar-refractivity contribution in [2.45, 2.75) is 26.7 Å². The molecule has 2 aromatic rings. The first-order valence-electron chi connectivity index (χ1n) is 5.82. The highest BCUT2D eigenvalue weighted by Gasteiger charge is 2.33. The number of thiophene rings is 2. The smallest absolute Gasteiger partial charge is 0.214 e. The largest absolute Gasteiger partial charge is 0.288 e. The van der Waals surface area contributed by atoms with Crippen LogP contribution in [0.3, 0.4) is 0 Å². The molecular formula is C14H12O2S2. The fourth-order valence-electron chi connectivity index (χ4n) is 2.13. The molecule has 2 aromatic heterocycles. The second kappa shape index (κ2) is 3.87. The maximum Gasteiger partial charge on any atom is 0.214 e. The van der Waals surface area contributed by atoms with Gasteiger partial charge in [0.05, 0.1) is 9.75 Å². The van der Waals surface area contributed by atoms with E-state index in [0.717, 1.165) is 9.75 Å². The molecular weight excluding hydrogens is 264 g/mol. The molecule has 0 amide bonds. The molecule has 18 heavy (non-hydrogen) atoms. The second-order valence-electron chi connectivity index (χ2n) is 4.80. The first-order chi connectivity index (χ1) is 8.49. The third-order valence-corrected chi connectivity index (χ3v) is 5.56. The summed E-state index contributed by atoms with van der Waals surface area (Å²) in [5.74, 6) is 0.377. The minimum atomic E-state index is 0.00657. The number of fused-ring (bicyclic) bond motifs is 2. The van der Waals surface area contributed by atoms with Crippen LogP contribution >= 0.6 is 22.7 Å². The van der Waals surface area contributed by atoms with Gasteiger partial charge in [-0.1, -0.05) is 13.8 Å². The Hall–Kier alpha value is -1.26. The summed E-state index contributed by atoms with van der Waals surface area (Å²) in [7, 11) is 0. The number of carbonyl (C=O) groups is 2. The van der Waals surface area contributed by atoms with Crippen molar-refractivity contribution < 1.29 is 9.59 Å². The normalized spacial score (nSPS) is 14.0. The minimum Gasteiger partial charge on any atom is -0.288 e. The Morgan fingerprint density at radius 2 is 1.56 bits per heavy atom. The van der Waals surface area contributed by atoms with Crippen LogP contribution in [0.2, 0.25) is 0 Å². The first kappa shape index (κ1) is 11.8. The lowest BCUT2D eigenvalue weighted by molar-refractivity contribution is 0.0986. The van der Waals surface area contributed by atoms with Crippen LogP contribution in [-0.2, 0) is 0 Å². The Kier molecular flexibility index (Phi) is 2.54. The van der Waals surface area contributed by atoms with E-state index in [1.54, 1.807) is 0 Å². The summed E-state index contributed by atoms with van der Waals surface area (Å²) in [5, 5.41) is 0. The molecule has 0 aliphatic heterocycles. The molecule has 2 nitrogen and oxygen atoms in total. The van der Waals surface area contributed by atoms with Gasteiger partial charge in [-0.3, -0.25) is 9.59 Å². The lowest BCUT2D eigenvalue weighted by Crippen LogP contribution is -2.15. The van der Waals surface area contributed by atoms with E-state index >= 15 is 0 Å². The van der Waals surface area contributed by atoms with E-state index < -0.39 is 0 Å². The average molecular weight is 276 g/mol. The summed E-state index contributed by atoms with van der Waals surface area (Å²) in [6.07, 6.45) is 0. The highest BCUT2D eigenvalue weighted by Crippen LogP contribution is 2.38. The quantitative estimate of drug-likeness (QED) is 0.673. The molecule has 4 heteroatoms. The van der Waals surface area contributed by atoms with Gasteiger partial charge in [0.15, 0.2) is 5.78 Å². The Morgan fingerprint density at radius 3 is 2.22 bits per heavy atom. The van der Waals surface area contributed by atoms with Crippen LogP contribution < -0.4 is 0 Å². The van der Waals surface area contributed by atoms with Crippen molar-refractivity contribution >= 4 is 34.2 Å². The van der Waals surface area contributed by atoms with Crippen LogP contribution in [0.15, 0.2) is 12.1 Å². The lowest BCUT2D eigenvalue weighted by atomic mass is 9.94. The highest BCUT2D eigenvalue weighted by atomic mass is 32.1. The molecule has 2 heterocycles. The van der Waals surface area contributed by atoms with Crippen molar-refractivity contribution in [2.75, 3.05) is 0 Å². The maximum absolute atomic E-state index is 12.4. The fraction of sp³-hybridized carbons (Fsp3) is 0.286. The summed E-state index contributed by atoms with van der Waals surface area (Å²) in [4.78, 5) is 28.1. The van der Waals surface area contributed by atoms with Gasteiger partial charge in [0.1, 0.15) is 0 Å². The van der Waals surface area contributed by atoms with Crippen LogP contribution in [-0.4, -0.2) is 11.6 Å². The zero-order valence-corrected chi connectivity index (χ0v) is 12.0. The monoisotopic (exact) mass is 276 g/mol. The van der Waals surface area contributed by atoms with Crippen molar-refractivity contribution in [1.82, 2.24) is 0 Å². The molecule has 0 aromatic carbocycles. The molecule has 0 spiro atoms. The van der Waals surface area contributed by atoms with Gasteiger partial charge in [0, 0.05) is 20.9 Å². The molecule has 0 atom stereocenters. The average Bonchev–Trinajstić information content (AvgIpc) is 2.89. The Morgan fingerprint density at radius 1 is 0.944 bits per heavy atom. The number of hydrogen-bond donors (Lipinski definition) is 0. The molecule has 1 aliphatic rings. The second-order valence-corrected chi connectivity index (χ2v) is 7.14. The van der Waals surface area contributed by atoms with Gasteiger partial charge >= 0.3 is 0 Å². The van der Waals surface area contributed by atoms with Gasteiger partial charge < -0.3 is 0 Å². The van der Waals surface area contributed by atoms with E-state index in [1.807, 2.05) is 19.1 Å². The standard InChI is InChI=1S/C14H12O2S2/c1-6(2)10-5-9-11(15)8-4-7(3)17-13(8)12(16)14(9)18-10/h4-6H,1-3H3.